The van der Waals surface area contributed by atoms with Gasteiger partial charge in [-0.15, -0.1) is 46.2 Å². The molecule has 0 saturated carbocycles. The summed E-state index contributed by atoms with van der Waals surface area (Å²) in [6.45, 7) is 4.64. The third kappa shape index (κ3) is 10.00. The maximum Gasteiger partial charge on any atom is 0.352 e. The van der Waals surface area contributed by atoms with Crippen molar-refractivity contribution in [1.29, 1.82) is 0 Å². The number of carboxylic acids is 2. The lowest BCUT2D eigenvalue weighted by Crippen LogP contribution is -2.71. The van der Waals surface area contributed by atoms with E-state index in [1.54, 1.807) is 5.38 Å². The molecular weight excluding hydrogens is 913 g/mol. The normalized spacial score (nSPS) is 23.4. The van der Waals surface area contributed by atoms with Gasteiger partial charge in [-0.1, -0.05) is 10.3 Å². The molecule has 26 heteroatoms. The Morgan fingerprint density at radius 3 is 2.05 bits per heavy atom. The van der Waals surface area contributed by atoms with Gasteiger partial charge in [0, 0.05) is 59.1 Å². The summed E-state index contributed by atoms with van der Waals surface area (Å²) >= 11 is 4.66. The molecule has 8 N–H and O–H groups in total. The minimum absolute atomic E-state index is 0.0398. The second-order valence-corrected chi connectivity index (χ2v) is 20.4. The Morgan fingerprint density at radius 1 is 0.891 bits per heavy atom. The van der Waals surface area contributed by atoms with Crippen LogP contribution in [0, 0.1) is 0 Å². The molecule has 0 bridgehead atoms. The topological polar surface area (TPSA) is 289 Å². The molecule has 7 heterocycles. The van der Waals surface area contributed by atoms with E-state index in [2.05, 4.69) is 55.6 Å². The molecule has 3 fully saturated rings. The van der Waals surface area contributed by atoms with Crippen LogP contribution in [-0.4, -0.2) is 183 Å². The van der Waals surface area contributed by atoms with Crippen molar-refractivity contribution in [2.24, 2.45) is 10.3 Å². The maximum absolute atomic E-state index is 14.3. The molecule has 4 atom stereocenters. The third-order valence-corrected chi connectivity index (χ3v) is 15.7. The Labute approximate surface area is 383 Å². The lowest BCUT2D eigenvalue weighted by Gasteiger charge is -2.50. The summed E-state index contributed by atoms with van der Waals surface area (Å²) in [5.41, 5.74) is 6.79. The van der Waals surface area contributed by atoms with Gasteiger partial charge in [0.15, 0.2) is 27.7 Å². The number of quaternary nitrogens is 2. The molecule has 64 heavy (non-hydrogen) atoms. The highest BCUT2D eigenvalue weighted by molar-refractivity contribution is 8.00. The van der Waals surface area contributed by atoms with Gasteiger partial charge in [0.1, 0.15) is 66.9 Å². The average molecular weight is 963 g/mol. The van der Waals surface area contributed by atoms with E-state index in [9.17, 15) is 39.0 Å². The first-order chi connectivity index (χ1) is 30.5. The number of carbonyl (C=O) groups excluding carboxylic acids is 4. The van der Waals surface area contributed by atoms with Crippen LogP contribution in [0.15, 0.2) is 43.6 Å². The molecule has 3 saturated heterocycles. The number of carboxylic acid groups (broad SMARTS) is 2. The molecule has 2 aromatic heterocycles. The molecule has 5 aliphatic rings. The predicted octanol–water partition coefficient (Wildman–Crippen LogP) is 0.227. The summed E-state index contributed by atoms with van der Waals surface area (Å²) in [6.07, 6.45) is 4.14. The molecule has 4 amide bonds. The smallest absolute Gasteiger partial charge is 0.352 e. The summed E-state index contributed by atoms with van der Waals surface area (Å²) < 4.78 is 1.37. The van der Waals surface area contributed by atoms with Crippen molar-refractivity contribution in [1.82, 2.24) is 30.8 Å². The van der Waals surface area contributed by atoms with Crippen molar-refractivity contribution < 1.29 is 57.6 Å². The van der Waals surface area contributed by atoms with Gasteiger partial charge in [0.05, 0.1) is 40.3 Å². The van der Waals surface area contributed by atoms with Gasteiger partial charge in [-0.25, -0.2) is 19.6 Å². The van der Waals surface area contributed by atoms with Crippen molar-refractivity contribution in [2.45, 2.75) is 48.5 Å². The van der Waals surface area contributed by atoms with Crippen LogP contribution in [0.1, 0.15) is 37.1 Å². The number of anilines is 2. The van der Waals surface area contributed by atoms with E-state index in [0.717, 1.165) is 80.1 Å². The van der Waals surface area contributed by atoms with Gasteiger partial charge in [0.25, 0.3) is 23.6 Å². The van der Waals surface area contributed by atoms with E-state index in [1.807, 2.05) is 0 Å². The largest absolute Gasteiger partial charge is 0.480 e. The Kier molecular flexibility index (Phi) is 14.2. The molecule has 0 aliphatic carbocycles. The number of β-lactam (4-membered cyclic amide) rings is 1. The molecular formula is C38H50N12O10S4+2. The van der Waals surface area contributed by atoms with Crippen molar-refractivity contribution >= 4 is 103 Å². The number of amides is 4. The number of nitrogens with zero attached hydrogens (tertiary/aromatic N) is 7. The van der Waals surface area contributed by atoms with Gasteiger partial charge in [-0.2, -0.15) is 0 Å². The summed E-state index contributed by atoms with van der Waals surface area (Å²) in [7, 11) is 6.65. The number of nitrogens with one attached hydrogen (secondary N) is 4. The minimum Gasteiger partial charge on any atom is -0.480 e. The van der Waals surface area contributed by atoms with Gasteiger partial charge < -0.3 is 50.5 Å². The van der Waals surface area contributed by atoms with Gasteiger partial charge in [-0.05, 0) is 0 Å². The first-order valence-electron chi connectivity index (χ1n) is 20.3. The van der Waals surface area contributed by atoms with E-state index in [1.165, 1.54) is 48.0 Å². The van der Waals surface area contributed by atoms with Crippen LogP contribution in [-0.2, 0) is 38.4 Å². The van der Waals surface area contributed by atoms with Gasteiger partial charge in [0.2, 0.25) is 0 Å². The van der Waals surface area contributed by atoms with Crippen LogP contribution < -0.4 is 27.0 Å². The molecule has 0 radical (unpaired) electrons. The van der Waals surface area contributed by atoms with Crippen LogP contribution >= 0.6 is 46.2 Å². The summed E-state index contributed by atoms with van der Waals surface area (Å²) in [5, 5.41) is 40.3. The Morgan fingerprint density at radius 2 is 1.47 bits per heavy atom. The second-order valence-electron chi connectivity index (χ2n) is 16.4. The van der Waals surface area contributed by atoms with E-state index in [0.29, 0.717) is 33.4 Å². The number of thioether (sulfide) groups is 2. The van der Waals surface area contributed by atoms with Crippen LogP contribution in [0.4, 0.5) is 10.3 Å². The van der Waals surface area contributed by atoms with Gasteiger partial charge in [-0.3, -0.25) is 29.4 Å². The number of hydrogen-bond donors (Lipinski definition) is 7. The number of nitrogen functional groups attached to an aromatic ring is 1. The number of rotatable bonds is 17. The minimum atomic E-state index is -1.60. The SMILES string of the molecule is CO/N=C(\C(=O)NC(C(=O)O)C1NC(C(=O)O)=C(C[N+]2(C)CCCC2)CS1)c1csc(NC(=O)C2=C(C[N+]3(C)CCCC3)CS[C@@H]3[C@H](NC(=O)/C(=N\OC)c4csc(N)n4)C(=O)N23)n1. The number of aromatic nitrogens is 2. The third-order valence-electron chi connectivity index (χ3n) is 11.7. The van der Waals surface area contributed by atoms with Crippen molar-refractivity contribution in [2.75, 3.05) is 90.1 Å². The van der Waals surface area contributed by atoms with Crippen molar-refractivity contribution in [3.8, 4) is 0 Å². The number of carbonyl (C=O) groups is 6. The number of hydrogen-bond acceptors (Lipinski definition) is 18. The zero-order valence-corrected chi connectivity index (χ0v) is 38.7. The molecule has 2 unspecified atom stereocenters. The maximum atomic E-state index is 14.3. The highest BCUT2D eigenvalue weighted by Gasteiger charge is 2.55. The summed E-state index contributed by atoms with van der Waals surface area (Å²) in [4.78, 5) is 100. The van der Waals surface area contributed by atoms with Crippen LogP contribution in [0.2, 0.25) is 0 Å². The molecule has 0 aromatic carbocycles. The first kappa shape index (κ1) is 46.7. The fraction of sp³-hybridized carbons (Fsp3) is 0.526. The van der Waals surface area contributed by atoms with Crippen LogP contribution in [0.3, 0.4) is 0 Å². The number of thiazole rings is 2. The van der Waals surface area contributed by atoms with Crippen molar-refractivity contribution in [3.05, 3.63) is 44.7 Å². The highest BCUT2D eigenvalue weighted by atomic mass is 32.2. The number of aliphatic carboxylic acids is 2. The van der Waals surface area contributed by atoms with E-state index < -0.39 is 64.1 Å². The standard InChI is InChI=1S/C38H48N12O10S4/c1-49(9-5-6-10-49)13-19-15-61-32(44-23(19)35(55)56)26(36(57)58)42-29(51)25(47-60-4)22-18-64-38(41-22)45-31(53)28-20(14-50(2)11-7-8-12-50)16-62-34-27(33(54)48(28)34)43-30(52)24(46-59-3)21-17-63-37(39)40-21/h17-18,26-27,32,34,44H,5-16H2,1-4H3,(H5-2,39,40,41,42,43,45,51,52,53,55,56,57,58)/p+2/b46-24-,47-25-/t26?,27-,32?,34-/m1/s1. The Balaban J connectivity index is 1.07. The lowest BCUT2D eigenvalue weighted by atomic mass is 10.0. The zero-order valence-electron chi connectivity index (χ0n) is 35.5. The molecule has 2 aromatic rings. The highest BCUT2D eigenvalue weighted by Crippen LogP contribution is 2.42. The van der Waals surface area contributed by atoms with E-state index in [4.69, 9.17) is 15.4 Å². The fourth-order valence-corrected chi connectivity index (χ4v) is 12.4. The first-order valence-corrected chi connectivity index (χ1v) is 24.1. The zero-order chi connectivity index (χ0) is 45.9. The molecule has 344 valence electrons. The number of nitrogens with two attached hydrogens (primary N) is 1. The summed E-state index contributed by atoms with van der Waals surface area (Å²) in [6, 6.07) is -2.60. The quantitative estimate of drug-likeness (QED) is 0.0483. The fourth-order valence-electron chi connectivity index (χ4n) is 8.59. The monoisotopic (exact) mass is 962 g/mol. The number of oxime groups is 2. The van der Waals surface area contributed by atoms with Gasteiger partial charge >= 0.3 is 11.9 Å². The Hall–Kier alpha value is -5.28. The molecule has 7 rings (SSSR count). The lowest BCUT2D eigenvalue weighted by molar-refractivity contribution is -0.893. The number of likely N-dealkylation sites (N-methyl/N-ethyl adjacent to an activating group) is 2. The molecule has 22 nitrogen and oxygen atoms in total. The Bertz CT molecular complexity index is 2330. The van der Waals surface area contributed by atoms with Crippen LogP contribution in [0.5, 0.6) is 0 Å². The van der Waals surface area contributed by atoms with Crippen LogP contribution in [0.25, 0.3) is 0 Å². The number of likely N-dealkylation sites (tertiary alicyclic amines) is 2. The van der Waals surface area contributed by atoms with Crippen molar-refractivity contribution in [3.63, 3.8) is 0 Å². The second kappa shape index (κ2) is 19.4. The molecule has 0 spiro atoms. The van der Waals surface area contributed by atoms with E-state index >= 15 is 0 Å². The summed E-state index contributed by atoms with van der Waals surface area (Å²) in [5.74, 6) is -4.81. The average Bonchev–Trinajstić information content (AvgIpc) is 4.09. The van der Waals surface area contributed by atoms with E-state index in [-0.39, 0.29) is 44.5 Å². The predicted molar refractivity (Wildman–Crippen MR) is 240 cm³/mol. The number of fused-ring (bicyclic) bond motifs is 1. The molecule has 5 aliphatic heterocycles.